The molecule has 0 spiro atoms. The molecule has 1 fully saturated rings. The van der Waals surface area contributed by atoms with Crippen LogP contribution in [0.1, 0.15) is 29.8 Å². The minimum Gasteiger partial charge on any atom is -0.396 e. The second-order valence-corrected chi connectivity index (χ2v) is 4.53. The molecule has 1 aliphatic rings. The molecule has 1 aromatic heterocycles. The zero-order chi connectivity index (χ0) is 12.4. The van der Waals surface area contributed by atoms with Crippen molar-refractivity contribution in [2.75, 3.05) is 12.3 Å². The molecule has 0 aromatic carbocycles. The Morgan fingerprint density at radius 2 is 2.47 bits per heavy atom. The topological polar surface area (TPSA) is 93.2 Å². The number of hydrogen-bond donors (Lipinski definition) is 3. The van der Waals surface area contributed by atoms with Gasteiger partial charge in [0.2, 0.25) is 0 Å². The van der Waals surface area contributed by atoms with Crippen molar-refractivity contribution in [2.45, 2.75) is 25.3 Å². The number of rotatable bonds is 3. The monoisotopic (exact) mass is 238 g/mol. The van der Waals surface area contributed by atoms with Crippen molar-refractivity contribution >= 4 is 11.6 Å². The van der Waals surface area contributed by atoms with Gasteiger partial charge in [0.1, 0.15) is 5.69 Å². The maximum atomic E-state index is 12.0. The minimum absolute atomic E-state index is 0.0433. The highest BCUT2D eigenvalue weighted by Gasteiger charge is 2.29. The number of nitrogens with zero attached hydrogens (tertiary/aromatic N) is 2. The minimum atomic E-state index is -0.215. The van der Waals surface area contributed by atoms with Crippen molar-refractivity contribution in [3.8, 4) is 0 Å². The summed E-state index contributed by atoms with van der Waals surface area (Å²) in [5.74, 6) is -0.0544. The summed E-state index contributed by atoms with van der Waals surface area (Å²) in [5.41, 5.74) is 6.45. The highest BCUT2D eigenvalue weighted by atomic mass is 16.3. The number of hydrogen-bond acceptors (Lipinski definition) is 4. The molecule has 1 saturated carbocycles. The molecule has 6 heteroatoms. The second-order valence-electron chi connectivity index (χ2n) is 4.53. The van der Waals surface area contributed by atoms with Crippen LogP contribution in [0.3, 0.4) is 0 Å². The van der Waals surface area contributed by atoms with Crippen molar-refractivity contribution < 1.29 is 9.90 Å². The van der Waals surface area contributed by atoms with E-state index in [9.17, 15) is 9.90 Å². The van der Waals surface area contributed by atoms with E-state index in [-0.39, 0.29) is 24.5 Å². The standard InChI is InChI=1S/C11H18N4O2/c1-15-10(8(12)5-13-15)11(17)14-9-4-2-3-7(9)6-16/h5,7,9,16H,2-4,6,12H2,1H3,(H,14,17). The normalized spacial score (nSPS) is 23.9. The van der Waals surface area contributed by atoms with Crippen LogP contribution in [0.2, 0.25) is 0 Å². The number of aliphatic hydroxyl groups excluding tert-OH is 1. The smallest absolute Gasteiger partial charge is 0.271 e. The number of carbonyl (C=O) groups excluding carboxylic acids is 1. The molecular formula is C11H18N4O2. The summed E-state index contributed by atoms with van der Waals surface area (Å²) in [6.07, 6.45) is 4.38. The molecule has 2 atom stereocenters. The van der Waals surface area contributed by atoms with E-state index < -0.39 is 0 Å². The molecule has 2 rings (SSSR count). The first kappa shape index (κ1) is 11.9. The molecule has 2 unspecified atom stereocenters. The Morgan fingerprint density at radius 3 is 3.06 bits per heavy atom. The number of amides is 1. The highest BCUT2D eigenvalue weighted by Crippen LogP contribution is 2.25. The number of nitrogens with one attached hydrogen (secondary N) is 1. The zero-order valence-electron chi connectivity index (χ0n) is 9.89. The lowest BCUT2D eigenvalue weighted by Crippen LogP contribution is -2.39. The summed E-state index contributed by atoms with van der Waals surface area (Å²) in [4.78, 5) is 12.0. The lowest BCUT2D eigenvalue weighted by molar-refractivity contribution is 0.0907. The van der Waals surface area contributed by atoms with Gasteiger partial charge in [-0.25, -0.2) is 0 Å². The molecule has 94 valence electrons. The highest BCUT2D eigenvalue weighted by molar-refractivity contribution is 5.97. The van der Waals surface area contributed by atoms with Gasteiger partial charge in [0.25, 0.3) is 5.91 Å². The number of aryl methyl sites for hydroxylation is 1. The number of nitrogen functional groups attached to an aromatic ring is 1. The predicted molar refractivity (Wildman–Crippen MR) is 63.3 cm³/mol. The molecule has 1 amide bonds. The molecule has 0 saturated heterocycles. The third-order valence-electron chi connectivity index (χ3n) is 3.39. The van der Waals surface area contributed by atoms with Crippen molar-refractivity contribution in [3.05, 3.63) is 11.9 Å². The summed E-state index contributed by atoms with van der Waals surface area (Å²) in [7, 11) is 1.68. The van der Waals surface area contributed by atoms with Crippen LogP contribution < -0.4 is 11.1 Å². The SMILES string of the molecule is Cn1ncc(N)c1C(=O)NC1CCCC1CO. The first-order chi connectivity index (χ1) is 8.13. The van der Waals surface area contributed by atoms with Crippen LogP contribution in [0.25, 0.3) is 0 Å². The Bertz CT molecular complexity index is 396. The van der Waals surface area contributed by atoms with E-state index in [1.54, 1.807) is 7.05 Å². The van der Waals surface area contributed by atoms with Crippen molar-refractivity contribution in [3.63, 3.8) is 0 Å². The lowest BCUT2D eigenvalue weighted by Gasteiger charge is -2.19. The zero-order valence-corrected chi connectivity index (χ0v) is 9.89. The summed E-state index contributed by atoms with van der Waals surface area (Å²) in [6, 6.07) is 0.0433. The van der Waals surface area contributed by atoms with Crippen LogP contribution >= 0.6 is 0 Å². The van der Waals surface area contributed by atoms with E-state index in [0.717, 1.165) is 19.3 Å². The maximum Gasteiger partial charge on any atom is 0.271 e. The van der Waals surface area contributed by atoms with Gasteiger partial charge in [0.15, 0.2) is 0 Å². The Morgan fingerprint density at radius 1 is 1.71 bits per heavy atom. The fraction of sp³-hybridized carbons (Fsp3) is 0.636. The molecular weight excluding hydrogens is 220 g/mol. The fourth-order valence-electron chi connectivity index (χ4n) is 2.41. The number of aromatic nitrogens is 2. The van der Waals surface area contributed by atoms with E-state index in [0.29, 0.717) is 11.4 Å². The van der Waals surface area contributed by atoms with Gasteiger partial charge in [-0.05, 0) is 12.8 Å². The van der Waals surface area contributed by atoms with Gasteiger partial charge in [0, 0.05) is 25.6 Å². The van der Waals surface area contributed by atoms with E-state index >= 15 is 0 Å². The first-order valence-electron chi connectivity index (χ1n) is 5.82. The number of nitrogens with two attached hydrogens (primary N) is 1. The molecule has 1 aliphatic carbocycles. The molecule has 1 aromatic rings. The molecule has 4 N–H and O–H groups in total. The second kappa shape index (κ2) is 4.75. The fourth-order valence-corrected chi connectivity index (χ4v) is 2.41. The summed E-state index contributed by atoms with van der Waals surface area (Å²) in [5, 5.41) is 16.1. The van der Waals surface area contributed by atoms with Gasteiger partial charge in [-0.3, -0.25) is 9.48 Å². The van der Waals surface area contributed by atoms with E-state index in [1.165, 1.54) is 10.9 Å². The Kier molecular flexibility index (Phi) is 3.33. The Hall–Kier alpha value is -1.56. The van der Waals surface area contributed by atoms with Crippen LogP contribution in [0, 0.1) is 5.92 Å². The number of carbonyl (C=O) groups is 1. The molecule has 0 bridgehead atoms. The largest absolute Gasteiger partial charge is 0.396 e. The predicted octanol–water partition coefficient (Wildman–Crippen LogP) is -0.107. The molecule has 1 heterocycles. The van der Waals surface area contributed by atoms with Crippen LogP contribution in [0.15, 0.2) is 6.20 Å². The van der Waals surface area contributed by atoms with Gasteiger partial charge in [-0.1, -0.05) is 6.42 Å². The van der Waals surface area contributed by atoms with Crippen LogP contribution in [0.5, 0.6) is 0 Å². The molecule has 6 nitrogen and oxygen atoms in total. The van der Waals surface area contributed by atoms with E-state index in [1.807, 2.05) is 0 Å². The van der Waals surface area contributed by atoms with Crippen molar-refractivity contribution in [1.82, 2.24) is 15.1 Å². The molecule has 0 aliphatic heterocycles. The molecule has 0 radical (unpaired) electrons. The summed E-state index contributed by atoms with van der Waals surface area (Å²) < 4.78 is 1.47. The first-order valence-corrected chi connectivity index (χ1v) is 5.82. The lowest BCUT2D eigenvalue weighted by atomic mass is 10.1. The third-order valence-corrected chi connectivity index (χ3v) is 3.39. The Balaban J connectivity index is 2.07. The quantitative estimate of drug-likeness (QED) is 0.685. The van der Waals surface area contributed by atoms with Crippen LogP contribution in [-0.2, 0) is 7.05 Å². The number of aliphatic hydroxyl groups is 1. The van der Waals surface area contributed by atoms with Gasteiger partial charge < -0.3 is 16.2 Å². The molecule has 17 heavy (non-hydrogen) atoms. The summed E-state index contributed by atoms with van der Waals surface area (Å²) >= 11 is 0. The van der Waals surface area contributed by atoms with Crippen LogP contribution in [0.4, 0.5) is 5.69 Å². The van der Waals surface area contributed by atoms with E-state index in [4.69, 9.17) is 5.73 Å². The Labute approximate surface area is 99.8 Å². The van der Waals surface area contributed by atoms with Gasteiger partial charge in [-0.15, -0.1) is 0 Å². The van der Waals surface area contributed by atoms with Crippen LogP contribution in [-0.4, -0.2) is 33.4 Å². The van der Waals surface area contributed by atoms with Gasteiger partial charge in [0.05, 0.1) is 11.9 Å². The third kappa shape index (κ3) is 2.26. The average Bonchev–Trinajstić information content (AvgIpc) is 2.85. The maximum absolute atomic E-state index is 12.0. The van der Waals surface area contributed by atoms with E-state index in [2.05, 4.69) is 10.4 Å². The number of anilines is 1. The van der Waals surface area contributed by atoms with Gasteiger partial charge in [-0.2, -0.15) is 5.10 Å². The average molecular weight is 238 g/mol. The summed E-state index contributed by atoms with van der Waals surface area (Å²) in [6.45, 7) is 0.117. The van der Waals surface area contributed by atoms with Gasteiger partial charge >= 0.3 is 0 Å². The van der Waals surface area contributed by atoms with Crippen molar-refractivity contribution in [1.29, 1.82) is 0 Å². The van der Waals surface area contributed by atoms with Crippen molar-refractivity contribution in [2.24, 2.45) is 13.0 Å².